The van der Waals surface area contributed by atoms with Crippen molar-refractivity contribution in [3.63, 3.8) is 0 Å². The molecule has 0 saturated carbocycles. The number of hydrogen-bond acceptors (Lipinski definition) is 5. The highest BCUT2D eigenvalue weighted by Gasteiger charge is 2.15. The maximum atomic E-state index is 11.3. The molecule has 0 aliphatic heterocycles. The first-order chi connectivity index (χ1) is 8.34. The molecule has 18 heavy (non-hydrogen) atoms. The van der Waals surface area contributed by atoms with Crippen molar-refractivity contribution in [3.8, 4) is 0 Å². The number of anilines is 1. The summed E-state index contributed by atoms with van der Waals surface area (Å²) in [7, 11) is -2.71. The van der Waals surface area contributed by atoms with Gasteiger partial charge < -0.3 is 9.84 Å². The highest BCUT2D eigenvalue weighted by atomic mass is 32.2. The predicted molar refractivity (Wildman–Crippen MR) is 62.8 cm³/mol. The number of rotatable bonds is 5. The molecule has 0 unspecified atom stereocenters. The molecule has 8 heteroatoms. The topological polar surface area (TPSA) is 110 Å². The van der Waals surface area contributed by atoms with Crippen LogP contribution in [0.25, 0.3) is 0 Å². The van der Waals surface area contributed by atoms with Gasteiger partial charge in [-0.2, -0.15) is 0 Å². The fraction of sp³-hybridized carbons (Fsp3) is 0.200. The molecular weight excluding hydrogens is 262 g/mol. The standard InChI is InChI=1S/C10H11NO6S/c1-17-10(14)7-2-4-8(5-3-7)11-18(15,16)6-9(12)13/h2-5,11H,6H2,1H3,(H,12,13). The van der Waals surface area contributed by atoms with Gasteiger partial charge in [0, 0.05) is 5.69 Å². The van der Waals surface area contributed by atoms with Crippen LogP contribution in [0.1, 0.15) is 10.4 Å². The lowest BCUT2D eigenvalue weighted by Gasteiger charge is -2.06. The smallest absolute Gasteiger partial charge is 0.337 e. The van der Waals surface area contributed by atoms with E-state index >= 15 is 0 Å². The minimum atomic E-state index is -3.94. The maximum Gasteiger partial charge on any atom is 0.337 e. The molecule has 1 rings (SSSR count). The summed E-state index contributed by atoms with van der Waals surface area (Å²) in [5.74, 6) is -3.02. The maximum absolute atomic E-state index is 11.3. The number of carboxylic acid groups (broad SMARTS) is 1. The van der Waals surface area contributed by atoms with Crippen molar-refractivity contribution in [2.24, 2.45) is 0 Å². The molecule has 98 valence electrons. The summed E-state index contributed by atoms with van der Waals surface area (Å²) in [4.78, 5) is 21.4. The van der Waals surface area contributed by atoms with Crippen molar-refractivity contribution in [3.05, 3.63) is 29.8 Å². The van der Waals surface area contributed by atoms with Crippen molar-refractivity contribution in [1.29, 1.82) is 0 Å². The van der Waals surface area contributed by atoms with Gasteiger partial charge >= 0.3 is 11.9 Å². The Hall–Kier alpha value is -2.09. The molecule has 2 N–H and O–H groups in total. The minimum absolute atomic E-state index is 0.170. The molecule has 0 spiro atoms. The number of carbonyl (C=O) groups excluding carboxylic acids is 1. The molecule has 0 fully saturated rings. The third-order valence-electron chi connectivity index (χ3n) is 1.89. The van der Waals surface area contributed by atoms with Crippen LogP contribution in [0.15, 0.2) is 24.3 Å². The number of methoxy groups -OCH3 is 1. The Balaban J connectivity index is 2.81. The van der Waals surface area contributed by atoms with Gasteiger partial charge in [0.2, 0.25) is 10.0 Å². The highest BCUT2D eigenvalue weighted by Crippen LogP contribution is 2.12. The Morgan fingerprint density at radius 3 is 2.28 bits per heavy atom. The Morgan fingerprint density at radius 2 is 1.83 bits per heavy atom. The Kier molecular flexibility index (Phi) is 4.27. The first kappa shape index (κ1) is 14.0. The van der Waals surface area contributed by atoms with Gasteiger partial charge in [0.15, 0.2) is 5.75 Å². The van der Waals surface area contributed by atoms with Gasteiger partial charge in [-0.25, -0.2) is 13.2 Å². The number of hydrogen-bond donors (Lipinski definition) is 2. The van der Waals surface area contributed by atoms with Gasteiger partial charge in [-0.3, -0.25) is 9.52 Å². The SMILES string of the molecule is COC(=O)c1ccc(NS(=O)(=O)CC(=O)O)cc1. The molecule has 0 atom stereocenters. The van der Waals surface area contributed by atoms with E-state index in [1.807, 2.05) is 0 Å². The van der Waals surface area contributed by atoms with Gasteiger partial charge in [-0.05, 0) is 24.3 Å². The Labute approximate surface area is 103 Å². The van der Waals surface area contributed by atoms with Crippen molar-refractivity contribution in [2.75, 3.05) is 17.6 Å². The van der Waals surface area contributed by atoms with Gasteiger partial charge in [0.25, 0.3) is 0 Å². The van der Waals surface area contributed by atoms with Crippen LogP contribution in [0.2, 0.25) is 0 Å². The fourth-order valence-corrected chi connectivity index (χ4v) is 2.06. The third-order valence-corrected chi connectivity index (χ3v) is 3.07. The fourth-order valence-electron chi connectivity index (χ4n) is 1.17. The lowest BCUT2D eigenvalue weighted by molar-refractivity contribution is -0.134. The quantitative estimate of drug-likeness (QED) is 0.747. The summed E-state index contributed by atoms with van der Waals surface area (Å²) in [5.41, 5.74) is 0.433. The number of aliphatic carboxylic acids is 1. The van der Waals surface area contributed by atoms with Gasteiger partial charge in [-0.15, -0.1) is 0 Å². The lowest BCUT2D eigenvalue weighted by atomic mass is 10.2. The molecule has 0 aliphatic rings. The largest absolute Gasteiger partial charge is 0.480 e. The van der Waals surface area contributed by atoms with E-state index in [4.69, 9.17) is 5.11 Å². The molecule has 0 bridgehead atoms. The summed E-state index contributed by atoms with van der Waals surface area (Å²) in [5, 5.41) is 8.40. The average molecular weight is 273 g/mol. The molecular formula is C10H11NO6S. The Morgan fingerprint density at radius 1 is 1.28 bits per heavy atom. The second-order valence-corrected chi connectivity index (χ2v) is 5.05. The molecule has 0 radical (unpaired) electrons. The van der Waals surface area contributed by atoms with E-state index in [0.29, 0.717) is 0 Å². The number of carboxylic acids is 1. The number of ether oxygens (including phenoxy) is 1. The van der Waals surface area contributed by atoms with Crippen LogP contribution >= 0.6 is 0 Å². The first-order valence-corrected chi connectivity index (χ1v) is 6.40. The predicted octanol–water partition coefficient (Wildman–Crippen LogP) is 0.299. The normalized spacial score (nSPS) is 10.7. The number of carbonyl (C=O) groups is 2. The molecule has 1 aromatic rings. The second kappa shape index (κ2) is 5.50. The number of benzene rings is 1. The van der Waals surface area contributed by atoms with Crippen molar-refractivity contribution in [1.82, 2.24) is 0 Å². The van der Waals surface area contributed by atoms with Crippen molar-refractivity contribution < 1.29 is 27.9 Å². The molecule has 7 nitrogen and oxygen atoms in total. The van der Waals surface area contributed by atoms with E-state index in [0.717, 1.165) is 0 Å². The third kappa shape index (κ3) is 4.06. The average Bonchev–Trinajstić information content (AvgIpc) is 2.26. The lowest BCUT2D eigenvalue weighted by Crippen LogP contribution is -2.22. The van der Waals surface area contributed by atoms with Crippen LogP contribution in [-0.4, -0.2) is 38.3 Å². The van der Waals surface area contributed by atoms with Crippen LogP contribution < -0.4 is 4.72 Å². The van der Waals surface area contributed by atoms with Crippen molar-refractivity contribution in [2.45, 2.75) is 0 Å². The molecule has 1 aromatic carbocycles. The van der Waals surface area contributed by atoms with E-state index in [9.17, 15) is 18.0 Å². The van der Waals surface area contributed by atoms with E-state index in [1.165, 1.54) is 31.4 Å². The van der Waals surface area contributed by atoms with E-state index in [-0.39, 0.29) is 11.3 Å². The van der Waals surface area contributed by atoms with Gasteiger partial charge in [-0.1, -0.05) is 0 Å². The summed E-state index contributed by atoms with van der Waals surface area (Å²) in [6.07, 6.45) is 0. The van der Waals surface area contributed by atoms with E-state index < -0.39 is 27.7 Å². The summed E-state index contributed by atoms with van der Waals surface area (Å²) < 4.78 is 29.2. The summed E-state index contributed by atoms with van der Waals surface area (Å²) in [6.45, 7) is 0. The second-order valence-electron chi connectivity index (χ2n) is 3.32. The van der Waals surface area contributed by atoms with Crippen LogP contribution in [0.4, 0.5) is 5.69 Å². The molecule has 0 aromatic heterocycles. The van der Waals surface area contributed by atoms with Crippen molar-refractivity contribution >= 4 is 27.6 Å². The Bertz CT molecular complexity index is 548. The van der Waals surface area contributed by atoms with Crippen LogP contribution in [0, 0.1) is 0 Å². The number of sulfonamides is 1. The van der Waals surface area contributed by atoms with E-state index in [1.54, 1.807) is 0 Å². The van der Waals surface area contributed by atoms with E-state index in [2.05, 4.69) is 9.46 Å². The summed E-state index contributed by atoms with van der Waals surface area (Å²) >= 11 is 0. The van der Waals surface area contributed by atoms with Crippen LogP contribution in [0.3, 0.4) is 0 Å². The monoisotopic (exact) mass is 273 g/mol. The molecule has 0 saturated heterocycles. The first-order valence-electron chi connectivity index (χ1n) is 4.75. The summed E-state index contributed by atoms with van der Waals surface area (Å²) in [6, 6.07) is 5.41. The molecule has 0 amide bonds. The number of nitrogens with one attached hydrogen (secondary N) is 1. The minimum Gasteiger partial charge on any atom is -0.480 e. The zero-order valence-corrected chi connectivity index (χ0v) is 10.2. The zero-order chi connectivity index (χ0) is 13.8. The molecule has 0 heterocycles. The zero-order valence-electron chi connectivity index (χ0n) is 9.41. The van der Waals surface area contributed by atoms with Crippen LogP contribution in [-0.2, 0) is 19.6 Å². The number of esters is 1. The van der Waals surface area contributed by atoms with Crippen LogP contribution in [0.5, 0.6) is 0 Å². The molecule has 0 aliphatic carbocycles. The van der Waals surface area contributed by atoms with Gasteiger partial charge in [0.05, 0.1) is 12.7 Å². The van der Waals surface area contributed by atoms with Gasteiger partial charge in [0.1, 0.15) is 0 Å². The highest BCUT2D eigenvalue weighted by molar-refractivity contribution is 7.93.